The van der Waals surface area contributed by atoms with Gasteiger partial charge in [0.1, 0.15) is 12.4 Å². The molecule has 3 aliphatic rings. The van der Waals surface area contributed by atoms with E-state index in [4.69, 9.17) is 9.47 Å². The van der Waals surface area contributed by atoms with Crippen LogP contribution in [-0.4, -0.2) is 74.4 Å². The van der Waals surface area contributed by atoms with E-state index in [-0.39, 0.29) is 6.10 Å². The quantitative estimate of drug-likeness (QED) is 0.850. The lowest BCUT2D eigenvalue weighted by Gasteiger charge is -2.32. The molecule has 0 spiro atoms. The zero-order valence-electron chi connectivity index (χ0n) is 15.2. The van der Waals surface area contributed by atoms with Crippen LogP contribution in [0.5, 0.6) is 5.75 Å². The Hall–Kier alpha value is -1.14. The zero-order chi connectivity index (χ0) is 16.9. The van der Waals surface area contributed by atoms with Crippen molar-refractivity contribution >= 4 is 0 Å². The minimum Gasteiger partial charge on any atom is -0.491 e. The molecule has 2 atom stereocenters. The van der Waals surface area contributed by atoms with Crippen molar-refractivity contribution in [3.05, 3.63) is 29.8 Å². The standard InChI is InChI=1S/C20H31N3O2/c1-2-20(24-13-1)16-25-19-5-3-17(4-6-19)14-22-10-7-18(15-22)23-11-8-21-9-12-23/h3-6,18,20-21H,1-2,7-16H2. The highest BCUT2D eigenvalue weighted by Gasteiger charge is 2.28. The minimum atomic E-state index is 0.284. The largest absolute Gasteiger partial charge is 0.491 e. The molecule has 3 fully saturated rings. The maximum Gasteiger partial charge on any atom is 0.119 e. The lowest BCUT2D eigenvalue weighted by molar-refractivity contribution is 0.0679. The molecule has 5 nitrogen and oxygen atoms in total. The summed E-state index contributed by atoms with van der Waals surface area (Å²) in [6.07, 6.45) is 3.88. The zero-order valence-corrected chi connectivity index (χ0v) is 15.2. The molecular weight excluding hydrogens is 314 g/mol. The van der Waals surface area contributed by atoms with E-state index in [1.165, 1.54) is 38.2 Å². The molecular formula is C20H31N3O2. The molecule has 0 aliphatic carbocycles. The van der Waals surface area contributed by atoms with Crippen LogP contribution in [0.25, 0.3) is 0 Å². The summed E-state index contributed by atoms with van der Waals surface area (Å²) in [5, 5.41) is 3.45. The van der Waals surface area contributed by atoms with Gasteiger partial charge in [-0.3, -0.25) is 9.80 Å². The fourth-order valence-corrected chi connectivity index (χ4v) is 4.22. The molecule has 0 saturated carbocycles. The highest BCUT2D eigenvalue weighted by atomic mass is 16.5. The number of hydrogen-bond donors (Lipinski definition) is 1. The molecule has 2 unspecified atom stereocenters. The lowest BCUT2D eigenvalue weighted by Crippen LogP contribution is -2.49. The summed E-state index contributed by atoms with van der Waals surface area (Å²) in [5.41, 5.74) is 1.38. The molecule has 1 N–H and O–H groups in total. The molecule has 25 heavy (non-hydrogen) atoms. The maximum absolute atomic E-state index is 5.86. The summed E-state index contributed by atoms with van der Waals surface area (Å²) in [7, 11) is 0. The van der Waals surface area contributed by atoms with E-state index >= 15 is 0 Å². The van der Waals surface area contributed by atoms with Crippen molar-refractivity contribution in [1.29, 1.82) is 0 Å². The first-order valence-electron chi connectivity index (χ1n) is 9.87. The Morgan fingerprint density at radius 3 is 2.68 bits per heavy atom. The van der Waals surface area contributed by atoms with E-state index in [1.54, 1.807) is 0 Å². The van der Waals surface area contributed by atoms with Crippen molar-refractivity contribution in [1.82, 2.24) is 15.1 Å². The van der Waals surface area contributed by atoms with Gasteiger partial charge in [0.15, 0.2) is 0 Å². The smallest absolute Gasteiger partial charge is 0.119 e. The first kappa shape index (κ1) is 17.3. The Labute approximate surface area is 151 Å². The summed E-state index contributed by atoms with van der Waals surface area (Å²) < 4.78 is 11.5. The van der Waals surface area contributed by atoms with Crippen LogP contribution in [0.1, 0.15) is 24.8 Å². The van der Waals surface area contributed by atoms with Gasteiger partial charge in [0.25, 0.3) is 0 Å². The Balaban J connectivity index is 1.22. The third-order valence-corrected chi connectivity index (χ3v) is 5.70. The lowest BCUT2D eigenvalue weighted by atomic mass is 10.2. The van der Waals surface area contributed by atoms with Gasteiger partial charge in [0.05, 0.1) is 6.10 Å². The van der Waals surface area contributed by atoms with Crippen LogP contribution in [-0.2, 0) is 11.3 Å². The molecule has 4 rings (SSSR count). The van der Waals surface area contributed by atoms with Crippen LogP contribution in [0, 0.1) is 0 Å². The normalized spacial score (nSPS) is 28.5. The fraction of sp³-hybridized carbons (Fsp3) is 0.700. The van der Waals surface area contributed by atoms with E-state index in [0.29, 0.717) is 6.61 Å². The van der Waals surface area contributed by atoms with Crippen molar-refractivity contribution in [2.45, 2.75) is 38.0 Å². The van der Waals surface area contributed by atoms with E-state index in [9.17, 15) is 0 Å². The number of benzene rings is 1. The molecule has 0 amide bonds. The number of piperazine rings is 1. The summed E-state index contributed by atoms with van der Waals surface area (Å²) in [5.74, 6) is 0.958. The molecule has 0 bridgehead atoms. The number of hydrogen-bond acceptors (Lipinski definition) is 5. The molecule has 1 aromatic rings. The monoisotopic (exact) mass is 345 g/mol. The van der Waals surface area contributed by atoms with Gasteiger partial charge < -0.3 is 14.8 Å². The predicted octanol–water partition coefficient (Wildman–Crippen LogP) is 1.72. The summed E-state index contributed by atoms with van der Waals surface area (Å²) in [6, 6.07) is 9.38. The fourth-order valence-electron chi connectivity index (χ4n) is 4.22. The first-order valence-corrected chi connectivity index (χ1v) is 9.87. The van der Waals surface area contributed by atoms with Crippen molar-refractivity contribution < 1.29 is 9.47 Å². The second-order valence-electron chi connectivity index (χ2n) is 7.55. The highest BCUT2D eigenvalue weighted by molar-refractivity contribution is 5.27. The number of nitrogens with one attached hydrogen (secondary N) is 1. The van der Waals surface area contributed by atoms with Crippen LogP contribution in [0.4, 0.5) is 0 Å². The van der Waals surface area contributed by atoms with Gasteiger partial charge in [0, 0.05) is 58.5 Å². The van der Waals surface area contributed by atoms with Crippen LogP contribution in [0.15, 0.2) is 24.3 Å². The highest BCUT2D eigenvalue weighted by Crippen LogP contribution is 2.21. The maximum atomic E-state index is 5.86. The molecule has 0 aromatic heterocycles. The molecule has 3 heterocycles. The second-order valence-corrected chi connectivity index (χ2v) is 7.55. The number of ether oxygens (including phenoxy) is 2. The van der Waals surface area contributed by atoms with Gasteiger partial charge in [-0.15, -0.1) is 0 Å². The number of likely N-dealkylation sites (tertiary alicyclic amines) is 1. The van der Waals surface area contributed by atoms with Gasteiger partial charge in [0.2, 0.25) is 0 Å². The molecule has 3 saturated heterocycles. The second kappa shape index (κ2) is 8.49. The third kappa shape index (κ3) is 4.73. The number of nitrogens with zero attached hydrogens (tertiary/aromatic N) is 2. The van der Waals surface area contributed by atoms with Crippen LogP contribution in [0.3, 0.4) is 0 Å². The van der Waals surface area contributed by atoms with Gasteiger partial charge in [-0.25, -0.2) is 0 Å². The van der Waals surface area contributed by atoms with E-state index in [0.717, 1.165) is 50.9 Å². The summed E-state index contributed by atoms with van der Waals surface area (Å²) >= 11 is 0. The van der Waals surface area contributed by atoms with Crippen LogP contribution < -0.4 is 10.1 Å². The van der Waals surface area contributed by atoms with Gasteiger partial charge in [-0.05, 0) is 37.0 Å². The van der Waals surface area contributed by atoms with E-state index in [2.05, 4.69) is 39.4 Å². The van der Waals surface area contributed by atoms with Crippen LogP contribution in [0.2, 0.25) is 0 Å². The van der Waals surface area contributed by atoms with Crippen molar-refractivity contribution in [2.75, 3.05) is 52.5 Å². The van der Waals surface area contributed by atoms with Crippen molar-refractivity contribution in [2.24, 2.45) is 0 Å². The minimum absolute atomic E-state index is 0.284. The van der Waals surface area contributed by atoms with Crippen molar-refractivity contribution in [3.63, 3.8) is 0 Å². The summed E-state index contributed by atoms with van der Waals surface area (Å²) in [4.78, 5) is 5.26. The van der Waals surface area contributed by atoms with Crippen LogP contribution >= 0.6 is 0 Å². The Kier molecular flexibility index (Phi) is 5.87. The average Bonchev–Trinajstić information content (AvgIpc) is 3.34. The first-order chi connectivity index (χ1) is 12.4. The average molecular weight is 345 g/mol. The summed E-state index contributed by atoms with van der Waals surface area (Å²) in [6.45, 7) is 9.73. The number of rotatable bonds is 6. The van der Waals surface area contributed by atoms with Gasteiger partial charge >= 0.3 is 0 Å². The van der Waals surface area contributed by atoms with Crippen molar-refractivity contribution in [3.8, 4) is 5.75 Å². The topological polar surface area (TPSA) is 37.0 Å². The molecule has 3 aliphatic heterocycles. The molecule has 0 radical (unpaired) electrons. The molecule has 138 valence electrons. The third-order valence-electron chi connectivity index (χ3n) is 5.70. The van der Waals surface area contributed by atoms with E-state index in [1.807, 2.05) is 0 Å². The predicted molar refractivity (Wildman–Crippen MR) is 99.0 cm³/mol. The Morgan fingerprint density at radius 1 is 1.08 bits per heavy atom. The Bertz CT molecular complexity index is 524. The SMILES string of the molecule is c1cc(OCC2CCCO2)ccc1CN1CCC(N2CCNCC2)C1. The Morgan fingerprint density at radius 2 is 1.92 bits per heavy atom. The van der Waals surface area contributed by atoms with Gasteiger partial charge in [-0.1, -0.05) is 12.1 Å². The van der Waals surface area contributed by atoms with E-state index < -0.39 is 0 Å². The van der Waals surface area contributed by atoms with Gasteiger partial charge in [-0.2, -0.15) is 0 Å². The molecule has 5 heteroatoms. The molecule has 1 aromatic carbocycles.